The summed E-state index contributed by atoms with van der Waals surface area (Å²) in [4.78, 5) is 39.3. The van der Waals surface area contributed by atoms with E-state index < -0.39 is 40.7 Å². The normalized spacial score (nSPS) is 19.0. The fourth-order valence-electron chi connectivity index (χ4n) is 5.67. The van der Waals surface area contributed by atoms with Crippen LogP contribution in [-0.2, 0) is 20.8 Å². The van der Waals surface area contributed by atoms with Crippen LogP contribution in [0.5, 0.6) is 0 Å². The summed E-state index contributed by atoms with van der Waals surface area (Å²) in [6.45, 7) is 11.4. The molecule has 4 atom stereocenters. The average molecular weight is 599 g/mol. The fourth-order valence-corrected chi connectivity index (χ4v) is 5.98. The molecule has 0 aromatic heterocycles. The van der Waals surface area contributed by atoms with Crippen LogP contribution in [0.3, 0.4) is 0 Å². The van der Waals surface area contributed by atoms with Crippen molar-refractivity contribution in [2.75, 3.05) is 0 Å². The van der Waals surface area contributed by atoms with Crippen LogP contribution < -0.4 is 10.6 Å². The van der Waals surface area contributed by atoms with Gasteiger partial charge in [0.05, 0.1) is 17.9 Å². The van der Waals surface area contributed by atoms with E-state index in [1.165, 1.54) is 0 Å². The number of carbonyl (C=O) groups is 3. The van der Waals surface area contributed by atoms with Crippen LogP contribution in [0.25, 0.3) is 11.1 Å². The molecule has 7 heteroatoms. The van der Waals surface area contributed by atoms with Crippen molar-refractivity contribution in [1.82, 2.24) is 10.6 Å². The minimum absolute atomic E-state index is 0.142. The molecular formula is C36H39ClN2O4. The van der Waals surface area contributed by atoms with Gasteiger partial charge in [0.1, 0.15) is 6.04 Å². The molecule has 0 saturated heterocycles. The lowest BCUT2D eigenvalue weighted by molar-refractivity contribution is -0.143. The van der Waals surface area contributed by atoms with Gasteiger partial charge in [-0.1, -0.05) is 110 Å². The standard InChI is InChI=1S/C36H39ClN2O4/c1-5-30(26-15-11-8-12-16-26)38-33(42)32(35(3,4)6-2)39-34(43)36(23-31(40)41)22-27(36)19-17-24-18-20-28(29(37)21-24)25-13-9-7-10-14-25/h5-16,18,20-21,27,30,32H,1-2,17,19,22-23H2,3-4H3,(H,38,42)(H,39,43)(H,40,41)/t27?,30-,32-,36-/m1/s1. The zero-order chi connectivity index (χ0) is 31.2. The molecule has 1 saturated carbocycles. The molecule has 1 aliphatic carbocycles. The molecule has 4 rings (SSSR count). The van der Waals surface area contributed by atoms with Gasteiger partial charge in [-0.05, 0) is 47.9 Å². The van der Waals surface area contributed by atoms with E-state index >= 15 is 0 Å². The minimum atomic E-state index is -1.09. The summed E-state index contributed by atoms with van der Waals surface area (Å²) in [6, 6.07) is 23.8. The summed E-state index contributed by atoms with van der Waals surface area (Å²) in [6.07, 6.45) is 4.65. The van der Waals surface area contributed by atoms with E-state index in [4.69, 9.17) is 11.6 Å². The molecule has 1 unspecified atom stereocenters. The monoisotopic (exact) mass is 598 g/mol. The maximum absolute atomic E-state index is 13.8. The number of hydrogen-bond donors (Lipinski definition) is 3. The van der Waals surface area contributed by atoms with Gasteiger partial charge in [-0.25, -0.2) is 0 Å². The van der Waals surface area contributed by atoms with Gasteiger partial charge in [0.25, 0.3) is 0 Å². The Balaban J connectivity index is 1.48. The van der Waals surface area contributed by atoms with Crippen LogP contribution in [0, 0.1) is 16.7 Å². The number of aryl methyl sites for hydroxylation is 1. The van der Waals surface area contributed by atoms with Gasteiger partial charge in [0.2, 0.25) is 11.8 Å². The highest BCUT2D eigenvalue weighted by molar-refractivity contribution is 6.33. The van der Waals surface area contributed by atoms with Gasteiger partial charge in [-0.3, -0.25) is 14.4 Å². The number of carboxylic acids is 1. The van der Waals surface area contributed by atoms with E-state index in [-0.39, 0.29) is 12.3 Å². The van der Waals surface area contributed by atoms with Crippen molar-refractivity contribution in [2.45, 2.75) is 51.6 Å². The number of aliphatic carboxylic acids is 1. The van der Waals surface area contributed by atoms with E-state index in [9.17, 15) is 19.5 Å². The molecule has 1 fully saturated rings. The van der Waals surface area contributed by atoms with Crippen LogP contribution in [0.1, 0.15) is 50.3 Å². The first-order valence-corrected chi connectivity index (χ1v) is 14.9. The number of nitrogens with one attached hydrogen (secondary N) is 2. The Morgan fingerprint density at radius 1 is 1.02 bits per heavy atom. The molecule has 3 aromatic rings. The lowest BCUT2D eigenvalue weighted by Crippen LogP contribution is -2.56. The number of hydrogen-bond acceptors (Lipinski definition) is 3. The maximum atomic E-state index is 13.8. The Labute approximate surface area is 258 Å². The van der Waals surface area contributed by atoms with Crippen LogP contribution in [0.15, 0.2) is 104 Å². The summed E-state index contributed by atoms with van der Waals surface area (Å²) < 4.78 is 0. The van der Waals surface area contributed by atoms with Crippen molar-refractivity contribution < 1.29 is 19.5 Å². The van der Waals surface area contributed by atoms with E-state index in [1.807, 2.05) is 92.7 Å². The molecule has 43 heavy (non-hydrogen) atoms. The third kappa shape index (κ3) is 7.44. The van der Waals surface area contributed by atoms with E-state index in [0.29, 0.717) is 24.3 Å². The van der Waals surface area contributed by atoms with Gasteiger partial charge < -0.3 is 15.7 Å². The van der Waals surface area contributed by atoms with Gasteiger partial charge in [0.15, 0.2) is 0 Å². The van der Waals surface area contributed by atoms with Gasteiger partial charge in [0, 0.05) is 16.0 Å². The third-order valence-corrected chi connectivity index (χ3v) is 8.86. The molecule has 0 spiro atoms. The van der Waals surface area contributed by atoms with Crippen LogP contribution in [0.4, 0.5) is 0 Å². The molecule has 224 valence electrons. The Bertz CT molecular complexity index is 1490. The molecule has 3 aromatic carbocycles. The first kappa shape index (κ1) is 31.8. The predicted octanol–water partition coefficient (Wildman–Crippen LogP) is 7.16. The van der Waals surface area contributed by atoms with E-state index in [0.717, 1.165) is 22.3 Å². The summed E-state index contributed by atoms with van der Waals surface area (Å²) >= 11 is 6.61. The molecule has 2 amide bonds. The molecule has 0 radical (unpaired) electrons. The zero-order valence-corrected chi connectivity index (χ0v) is 25.4. The largest absolute Gasteiger partial charge is 0.481 e. The van der Waals surface area contributed by atoms with Crippen molar-refractivity contribution in [3.8, 4) is 11.1 Å². The number of amides is 2. The smallest absolute Gasteiger partial charge is 0.304 e. The number of halogens is 1. The fraction of sp³-hybridized carbons (Fsp3) is 0.306. The highest BCUT2D eigenvalue weighted by Crippen LogP contribution is 2.58. The second kappa shape index (κ2) is 13.4. The van der Waals surface area contributed by atoms with Crippen LogP contribution >= 0.6 is 11.6 Å². The summed E-state index contributed by atoms with van der Waals surface area (Å²) in [7, 11) is 0. The molecule has 3 N–H and O–H groups in total. The second-order valence-corrected chi connectivity index (χ2v) is 12.3. The third-order valence-electron chi connectivity index (χ3n) is 8.55. The van der Waals surface area contributed by atoms with Gasteiger partial charge >= 0.3 is 5.97 Å². The Morgan fingerprint density at radius 3 is 2.26 bits per heavy atom. The van der Waals surface area contributed by atoms with Crippen molar-refractivity contribution in [2.24, 2.45) is 16.7 Å². The molecule has 0 bridgehead atoms. The first-order valence-electron chi connectivity index (χ1n) is 14.5. The number of benzene rings is 3. The zero-order valence-electron chi connectivity index (χ0n) is 24.7. The van der Waals surface area contributed by atoms with Crippen LogP contribution in [0.2, 0.25) is 5.02 Å². The maximum Gasteiger partial charge on any atom is 0.304 e. The lowest BCUT2D eigenvalue weighted by atomic mass is 9.82. The molecule has 1 aliphatic rings. The van der Waals surface area contributed by atoms with Crippen molar-refractivity contribution >= 4 is 29.4 Å². The predicted molar refractivity (Wildman–Crippen MR) is 171 cm³/mol. The molecule has 0 heterocycles. The number of rotatable bonds is 14. The quantitative estimate of drug-likeness (QED) is 0.172. The topological polar surface area (TPSA) is 95.5 Å². The van der Waals surface area contributed by atoms with Crippen molar-refractivity contribution in [3.05, 3.63) is 120 Å². The van der Waals surface area contributed by atoms with Gasteiger partial charge in [-0.2, -0.15) is 0 Å². The summed E-state index contributed by atoms with van der Waals surface area (Å²) in [5, 5.41) is 16.3. The Hall–Kier alpha value is -4.16. The summed E-state index contributed by atoms with van der Waals surface area (Å²) in [5.74, 6) is -2.02. The van der Waals surface area contributed by atoms with Crippen molar-refractivity contribution in [1.29, 1.82) is 0 Å². The summed E-state index contributed by atoms with van der Waals surface area (Å²) in [5.41, 5.74) is 1.94. The van der Waals surface area contributed by atoms with Crippen LogP contribution in [-0.4, -0.2) is 28.9 Å². The highest BCUT2D eigenvalue weighted by atomic mass is 35.5. The Kier molecular flexibility index (Phi) is 9.92. The van der Waals surface area contributed by atoms with Gasteiger partial charge in [-0.15, -0.1) is 13.2 Å². The SMILES string of the molecule is C=C[C@@H](NC(=O)[C@@H](NC(=O)[C@@]1(CC(=O)O)CC1CCc1ccc(-c2ccccc2)c(Cl)c1)C(C)(C)C=C)c1ccccc1. The minimum Gasteiger partial charge on any atom is -0.481 e. The first-order chi connectivity index (χ1) is 20.5. The van der Waals surface area contributed by atoms with E-state index in [2.05, 4.69) is 23.8 Å². The highest BCUT2D eigenvalue weighted by Gasteiger charge is 2.61. The molecule has 0 aliphatic heterocycles. The van der Waals surface area contributed by atoms with E-state index in [1.54, 1.807) is 12.2 Å². The average Bonchev–Trinajstić information content (AvgIpc) is 3.70. The number of carboxylic acid groups (broad SMARTS) is 1. The second-order valence-electron chi connectivity index (χ2n) is 11.9. The molecule has 6 nitrogen and oxygen atoms in total. The van der Waals surface area contributed by atoms with Crippen molar-refractivity contribution in [3.63, 3.8) is 0 Å². The number of carbonyl (C=O) groups excluding carboxylic acids is 2. The molecular weight excluding hydrogens is 560 g/mol. The lowest BCUT2D eigenvalue weighted by Gasteiger charge is -2.33. The Morgan fingerprint density at radius 2 is 1.67 bits per heavy atom.